The van der Waals surface area contributed by atoms with Crippen molar-refractivity contribution in [3.63, 3.8) is 0 Å². The van der Waals surface area contributed by atoms with Crippen molar-refractivity contribution in [3.05, 3.63) is 46.2 Å². The van der Waals surface area contributed by atoms with Gasteiger partial charge in [-0.1, -0.05) is 18.2 Å². The van der Waals surface area contributed by atoms with Crippen molar-refractivity contribution in [2.45, 2.75) is 19.1 Å². The molecule has 2 rings (SSSR count). The maximum Gasteiger partial charge on any atom is 0.133 e. The lowest BCUT2D eigenvalue weighted by atomic mass is 9.91. The number of aliphatic hydroxyl groups is 1. The number of hydrogen-bond donors (Lipinski definition) is 1. The van der Waals surface area contributed by atoms with E-state index in [2.05, 4.69) is 21.0 Å². The number of halogens is 1. The number of rotatable bonds is 6. The predicted molar refractivity (Wildman–Crippen MR) is 83.5 cm³/mol. The Hall–Kier alpha value is -1.37. The fourth-order valence-corrected chi connectivity index (χ4v) is 3.05. The Balaban J connectivity index is 2.50. The molecule has 1 heterocycles. The van der Waals surface area contributed by atoms with Crippen molar-refractivity contribution in [3.8, 4) is 5.75 Å². The smallest absolute Gasteiger partial charge is 0.133 e. The summed E-state index contributed by atoms with van der Waals surface area (Å²) in [5, 5.41) is 15.4. The van der Waals surface area contributed by atoms with Crippen LogP contribution in [0.2, 0.25) is 0 Å². The van der Waals surface area contributed by atoms with Gasteiger partial charge in [0.2, 0.25) is 0 Å². The first kappa shape index (κ1) is 16.0. The van der Waals surface area contributed by atoms with Crippen LogP contribution in [0.5, 0.6) is 5.75 Å². The van der Waals surface area contributed by atoms with Gasteiger partial charge >= 0.3 is 0 Å². The van der Waals surface area contributed by atoms with Gasteiger partial charge in [-0.05, 0) is 28.9 Å². The molecule has 114 valence electrons. The number of ether oxygens (including phenoxy) is 2. The molecule has 0 aliphatic carbocycles. The summed E-state index contributed by atoms with van der Waals surface area (Å²) in [6, 6.07) is 7.41. The Kier molecular flexibility index (Phi) is 5.03. The van der Waals surface area contributed by atoms with Crippen LogP contribution >= 0.6 is 15.9 Å². The fourth-order valence-electron chi connectivity index (χ4n) is 2.37. The zero-order valence-electron chi connectivity index (χ0n) is 12.3. The Bertz CT molecular complexity index is 611. The summed E-state index contributed by atoms with van der Waals surface area (Å²) >= 11 is 3.46. The molecule has 2 aromatic rings. The Morgan fingerprint density at radius 2 is 2.05 bits per heavy atom. The first-order chi connectivity index (χ1) is 10.0. The topological polar surface area (TPSA) is 56.5 Å². The van der Waals surface area contributed by atoms with E-state index < -0.39 is 5.60 Å². The lowest BCUT2D eigenvalue weighted by Crippen LogP contribution is -2.28. The summed E-state index contributed by atoms with van der Waals surface area (Å²) in [7, 11) is 3.22. The van der Waals surface area contributed by atoms with E-state index in [1.807, 2.05) is 24.3 Å². The average Bonchev–Trinajstić information content (AvgIpc) is 2.86. The van der Waals surface area contributed by atoms with Crippen LogP contribution in [0.1, 0.15) is 18.2 Å². The minimum Gasteiger partial charge on any atom is -0.496 e. The second-order valence-electron chi connectivity index (χ2n) is 4.83. The normalized spacial score (nSPS) is 14.0. The monoisotopic (exact) mass is 354 g/mol. The van der Waals surface area contributed by atoms with Crippen molar-refractivity contribution in [2.75, 3.05) is 20.8 Å². The van der Waals surface area contributed by atoms with E-state index in [1.165, 1.54) is 0 Å². The third kappa shape index (κ3) is 3.12. The first-order valence-electron chi connectivity index (χ1n) is 6.59. The zero-order valence-corrected chi connectivity index (χ0v) is 13.9. The first-order valence-corrected chi connectivity index (χ1v) is 7.38. The molecule has 1 aromatic carbocycles. The highest BCUT2D eigenvalue weighted by Gasteiger charge is 2.34. The molecule has 1 aromatic heterocycles. The van der Waals surface area contributed by atoms with Crippen LogP contribution < -0.4 is 4.74 Å². The number of nitrogens with zero attached hydrogens (tertiary/aromatic N) is 2. The number of hydrogen-bond acceptors (Lipinski definition) is 4. The maximum absolute atomic E-state index is 11.1. The molecular formula is C15H19BrN2O3. The highest BCUT2D eigenvalue weighted by molar-refractivity contribution is 9.10. The van der Waals surface area contributed by atoms with E-state index in [9.17, 15) is 5.11 Å². The van der Waals surface area contributed by atoms with Gasteiger partial charge in [0.1, 0.15) is 11.4 Å². The summed E-state index contributed by atoms with van der Waals surface area (Å²) in [5.41, 5.74) is 0.117. The van der Waals surface area contributed by atoms with Gasteiger partial charge in [0, 0.05) is 12.7 Å². The number of para-hydroxylation sites is 1. The van der Waals surface area contributed by atoms with Gasteiger partial charge in [-0.3, -0.25) is 4.68 Å². The molecule has 0 spiro atoms. The Morgan fingerprint density at radius 1 is 1.33 bits per heavy atom. The molecule has 5 nitrogen and oxygen atoms in total. The van der Waals surface area contributed by atoms with Crippen LogP contribution in [0, 0.1) is 0 Å². The van der Waals surface area contributed by atoms with Gasteiger partial charge in [-0.25, -0.2) is 0 Å². The van der Waals surface area contributed by atoms with Crippen LogP contribution in [0.15, 0.2) is 34.9 Å². The van der Waals surface area contributed by atoms with E-state index >= 15 is 0 Å². The quantitative estimate of drug-likeness (QED) is 0.865. The minimum atomic E-state index is -1.24. The van der Waals surface area contributed by atoms with Gasteiger partial charge in [0.05, 0.1) is 36.6 Å². The SMILES string of the molecule is COCCn1ncc(Br)c1C(C)(O)c1ccccc1OC. The van der Waals surface area contributed by atoms with Crippen molar-refractivity contribution in [1.82, 2.24) is 9.78 Å². The zero-order chi connectivity index (χ0) is 15.5. The van der Waals surface area contributed by atoms with Crippen molar-refractivity contribution in [1.29, 1.82) is 0 Å². The van der Waals surface area contributed by atoms with Crippen LogP contribution in [0.25, 0.3) is 0 Å². The van der Waals surface area contributed by atoms with Gasteiger partial charge in [-0.15, -0.1) is 0 Å². The molecule has 0 aliphatic rings. The van der Waals surface area contributed by atoms with Crippen LogP contribution in [0.3, 0.4) is 0 Å². The second kappa shape index (κ2) is 6.60. The predicted octanol–water partition coefficient (Wildman–Crippen LogP) is 2.56. The molecule has 6 heteroatoms. The van der Waals surface area contributed by atoms with Gasteiger partial charge < -0.3 is 14.6 Å². The van der Waals surface area contributed by atoms with Crippen molar-refractivity contribution in [2.24, 2.45) is 0 Å². The highest BCUT2D eigenvalue weighted by atomic mass is 79.9. The summed E-state index contributed by atoms with van der Waals surface area (Å²) < 4.78 is 12.9. The van der Waals surface area contributed by atoms with Crippen LogP contribution in [0.4, 0.5) is 0 Å². The molecule has 0 saturated heterocycles. The molecule has 1 N–H and O–H groups in total. The second-order valence-corrected chi connectivity index (χ2v) is 5.68. The van der Waals surface area contributed by atoms with Crippen molar-refractivity contribution >= 4 is 15.9 Å². The van der Waals surface area contributed by atoms with Crippen LogP contribution in [-0.4, -0.2) is 35.7 Å². The molecular weight excluding hydrogens is 336 g/mol. The molecule has 0 saturated carbocycles. The van der Waals surface area contributed by atoms with E-state index in [0.29, 0.717) is 30.2 Å². The molecule has 0 bridgehead atoms. The largest absolute Gasteiger partial charge is 0.496 e. The van der Waals surface area contributed by atoms with E-state index in [-0.39, 0.29) is 0 Å². The summed E-state index contributed by atoms with van der Waals surface area (Å²) in [6.07, 6.45) is 1.68. The number of benzene rings is 1. The number of aromatic nitrogens is 2. The van der Waals surface area contributed by atoms with Gasteiger partial charge in [-0.2, -0.15) is 5.10 Å². The fraction of sp³-hybridized carbons (Fsp3) is 0.400. The molecule has 1 atom stereocenters. The molecule has 0 amide bonds. The number of methoxy groups -OCH3 is 2. The third-order valence-corrected chi connectivity index (χ3v) is 3.97. The van der Waals surface area contributed by atoms with Gasteiger partial charge in [0.15, 0.2) is 0 Å². The molecule has 21 heavy (non-hydrogen) atoms. The maximum atomic E-state index is 11.1. The lowest BCUT2D eigenvalue weighted by molar-refractivity contribution is 0.0846. The standard InChI is InChI=1S/C15H19BrN2O3/c1-15(19,11-6-4-5-7-13(11)21-3)14-12(16)10-17-18(14)8-9-20-2/h4-7,10,19H,8-9H2,1-3H3. The molecule has 0 fully saturated rings. The average molecular weight is 355 g/mol. The lowest BCUT2D eigenvalue weighted by Gasteiger charge is -2.27. The Morgan fingerprint density at radius 3 is 2.71 bits per heavy atom. The van der Waals surface area contributed by atoms with Gasteiger partial charge in [0.25, 0.3) is 0 Å². The Labute approximate surface area is 132 Å². The molecule has 0 aliphatic heterocycles. The van der Waals surface area contributed by atoms with Crippen LogP contribution in [-0.2, 0) is 16.9 Å². The highest BCUT2D eigenvalue weighted by Crippen LogP contribution is 2.38. The van der Waals surface area contributed by atoms with E-state index in [4.69, 9.17) is 9.47 Å². The summed E-state index contributed by atoms with van der Waals surface area (Å²) in [6.45, 7) is 2.81. The third-order valence-electron chi connectivity index (χ3n) is 3.39. The summed E-state index contributed by atoms with van der Waals surface area (Å²) in [5.74, 6) is 0.633. The van der Waals surface area contributed by atoms with E-state index in [0.717, 1.165) is 4.47 Å². The van der Waals surface area contributed by atoms with E-state index in [1.54, 1.807) is 32.0 Å². The molecule has 0 radical (unpaired) electrons. The summed E-state index contributed by atoms with van der Waals surface area (Å²) in [4.78, 5) is 0. The minimum absolute atomic E-state index is 0.517. The molecule has 1 unspecified atom stereocenters. The van der Waals surface area contributed by atoms with Crippen molar-refractivity contribution < 1.29 is 14.6 Å².